The third-order valence-corrected chi connectivity index (χ3v) is 3.83. The molecular weight excluding hydrogens is 322 g/mol. The number of nitrogens with zero attached hydrogens (tertiary/aromatic N) is 1. The zero-order chi connectivity index (χ0) is 18.1. The van der Waals surface area contributed by atoms with Crippen LogP contribution in [0.5, 0.6) is 11.5 Å². The second-order valence-electron chi connectivity index (χ2n) is 5.81. The number of ether oxygens (including phenoxy) is 2. The van der Waals surface area contributed by atoms with Gasteiger partial charge in [-0.2, -0.15) is 0 Å². The van der Waals surface area contributed by atoms with Gasteiger partial charge in [0, 0.05) is 19.6 Å². The minimum absolute atomic E-state index is 0.0307. The molecule has 0 saturated carbocycles. The van der Waals surface area contributed by atoms with E-state index < -0.39 is 0 Å². The Balaban J connectivity index is 1.79. The summed E-state index contributed by atoms with van der Waals surface area (Å²) in [7, 11) is 0. The number of amides is 2. The lowest BCUT2D eigenvalue weighted by Gasteiger charge is -2.25. The first-order chi connectivity index (χ1) is 12.1. The summed E-state index contributed by atoms with van der Waals surface area (Å²) in [5, 5.41) is 5.64. The Morgan fingerprint density at radius 3 is 2.72 bits per heavy atom. The predicted molar refractivity (Wildman–Crippen MR) is 94.9 cm³/mol. The molecule has 2 rings (SSSR count). The molecule has 1 heterocycles. The highest BCUT2D eigenvalue weighted by atomic mass is 16.5. The standard InChI is InChI=1S/C18H27N3O4/c1-3-24-15-6-5-14(11-16(15)25-4-2)7-8-19-17(22)12-21-10-9-20-18(23)13-21/h5-6,11H,3-4,7-10,12-13H2,1-2H3,(H,19,22)(H,20,23). The van der Waals surface area contributed by atoms with E-state index in [1.807, 2.05) is 36.9 Å². The van der Waals surface area contributed by atoms with Crippen molar-refractivity contribution in [1.29, 1.82) is 0 Å². The van der Waals surface area contributed by atoms with Crippen molar-refractivity contribution in [3.8, 4) is 11.5 Å². The van der Waals surface area contributed by atoms with Crippen molar-refractivity contribution in [2.45, 2.75) is 20.3 Å². The number of rotatable bonds is 9. The van der Waals surface area contributed by atoms with Crippen molar-refractivity contribution in [1.82, 2.24) is 15.5 Å². The van der Waals surface area contributed by atoms with Gasteiger partial charge in [-0.3, -0.25) is 14.5 Å². The average molecular weight is 349 g/mol. The summed E-state index contributed by atoms with van der Waals surface area (Å²) in [5.74, 6) is 1.37. The number of hydrogen-bond acceptors (Lipinski definition) is 5. The molecule has 0 bridgehead atoms. The zero-order valence-corrected chi connectivity index (χ0v) is 15.0. The van der Waals surface area contributed by atoms with Crippen LogP contribution in [0.4, 0.5) is 0 Å². The van der Waals surface area contributed by atoms with Gasteiger partial charge in [0.2, 0.25) is 11.8 Å². The maximum absolute atomic E-state index is 12.0. The van der Waals surface area contributed by atoms with Gasteiger partial charge in [0.15, 0.2) is 11.5 Å². The van der Waals surface area contributed by atoms with E-state index in [2.05, 4.69) is 10.6 Å². The zero-order valence-electron chi connectivity index (χ0n) is 15.0. The molecule has 2 amide bonds. The van der Waals surface area contributed by atoms with E-state index in [1.54, 1.807) is 0 Å². The highest BCUT2D eigenvalue weighted by Gasteiger charge is 2.18. The fraction of sp³-hybridized carbons (Fsp3) is 0.556. The molecule has 2 N–H and O–H groups in total. The van der Waals surface area contributed by atoms with Gasteiger partial charge in [0.25, 0.3) is 0 Å². The van der Waals surface area contributed by atoms with Crippen LogP contribution in [-0.4, -0.2) is 62.7 Å². The summed E-state index contributed by atoms with van der Waals surface area (Å²) < 4.78 is 11.2. The molecule has 0 unspecified atom stereocenters. The van der Waals surface area contributed by atoms with E-state index in [4.69, 9.17) is 9.47 Å². The summed E-state index contributed by atoms with van der Waals surface area (Å²) >= 11 is 0. The summed E-state index contributed by atoms with van der Waals surface area (Å²) in [4.78, 5) is 25.1. The maximum atomic E-state index is 12.0. The Morgan fingerprint density at radius 2 is 2.00 bits per heavy atom. The molecule has 1 aromatic carbocycles. The Morgan fingerprint density at radius 1 is 1.24 bits per heavy atom. The van der Waals surface area contributed by atoms with Crippen LogP contribution < -0.4 is 20.1 Å². The highest BCUT2D eigenvalue weighted by Crippen LogP contribution is 2.28. The van der Waals surface area contributed by atoms with Gasteiger partial charge in [0.1, 0.15) is 0 Å². The number of benzene rings is 1. The first-order valence-electron chi connectivity index (χ1n) is 8.76. The fourth-order valence-electron chi connectivity index (χ4n) is 2.68. The Bertz CT molecular complexity index is 592. The molecular formula is C18H27N3O4. The topological polar surface area (TPSA) is 79.9 Å². The van der Waals surface area contributed by atoms with Crippen molar-refractivity contribution in [3.63, 3.8) is 0 Å². The molecule has 1 aromatic rings. The lowest BCUT2D eigenvalue weighted by atomic mass is 10.1. The van der Waals surface area contributed by atoms with Crippen molar-refractivity contribution >= 4 is 11.8 Å². The van der Waals surface area contributed by atoms with Gasteiger partial charge in [-0.1, -0.05) is 6.07 Å². The molecule has 138 valence electrons. The second kappa shape index (κ2) is 9.88. The van der Waals surface area contributed by atoms with Crippen LogP contribution in [0.15, 0.2) is 18.2 Å². The molecule has 1 aliphatic rings. The average Bonchev–Trinajstić information content (AvgIpc) is 2.57. The van der Waals surface area contributed by atoms with E-state index in [1.165, 1.54) is 0 Å². The molecule has 0 spiro atoms. The number of piperazine rings is 1. The molecule has 1 aliphatic heterocycles. The highest BCUT2D eigenvalue weighted by molar-refractivity contribution is 5.81. The fourth-order valence-corrected chi connectivity index (χ4v) is 2.68. The number of nitrogens with one attached hydrogen (secondary N) is 2. The van der Waals surface area contributed by atoms with E-state index in [9.17, 15) is 9.59 Å². The van der Waals surface area contributed by atoms with Gasteiger partial charge in [-0.05, 0) is 38.0 Å². The third-order valence-electron chi connectivity index (χ3n) is 3.83. The van der Waals surface area contributed by atoms with E-state index in [0.717, 1.165) is 17.1 Å². The molecule has 0 atom stereocenters. The first kappa shape index (κ1) is 19.1. The number of carbonyl (C=O) groups is 2. The Hall–Kier alpha value is -2.28. The summed E-state index contributed by atoms with van der Waals surface area (Å²) in [6.07, 6.45) is 0.707. The lowest BCUT2D eigenvalue weighted by Crippen LogP contribution is -2.50. The van der Waals surface area contributed by atoms with Crippen LogP contribution in [-0.2, 0) is 16.0 Å². The number of carbonyl (C=O) groups excluding carboxylic acids is 2. The summed E-state index contributed by atoms with van der Waals surface area (Å²) in [6.45, 7) is 7.40. The van der Waals surface area contributed by atoms with Gasteiger partial charge >= 0.3 is 0 Å². The van der Waals surface area contributed by atoms with Crippen LogP contribution in [0.25, 0.3) is 0 Å². The maximum Gasteiger partial charge on any atom is 0.234 e. The quantitative estimate of drug-likeness (QED) is 0.682. The van der Waals surface area contributed by atoms with Gasteiger partial charge in [-0.25, -0.2) is 0 Å². The van der Waals surface area contributed by atoms with Crippen molar-refractivity contribution in [2.24, 2.45) is 0 Å². The van der Waals surface area contributed by atoms with Crippen LogP contribution >= 0.6 is 0 Å². The lowest BCUT2D eigenvalue weighted by molar-refractivity contribution is -0.126. The van der Waals surface area contributed by atoms with Gasteiger partial charge < -0.3 is 20.1 Å². The largest absolute Gasteiger partial charge is 0.490 e. The van der Waals surface area contributed by atoms with Gasteiger partial charge in [-0.15, -0.1) is 0 Å². The normalized spacial score (nSPS) is 14.7. The van der Waals surface area contributed by atoms with Crippen molar-refractivity contribution in [2.75, 3.05) is 45.9 Å². The van der Waals surface area contributed by atoms with Crippen molar-refractivity contribution < 1.29 is 19.1 Å². The van der Waals surface area contributed by atoms with Crippen LogP contribution in [0, 0.1) is 0 Å². The molecule has 0 radical (unpaired) electrons. The third kappa shape index (κ3) is 6.26. The molecule has 0 aliphatic carbocycles. The van der Waals surface area contributed by atoms with Gasteiger partial charge in [0.05, 0.1) is 26.3 Å². The first-order valence-corrected chi connectivity index (χ1v) is 8.76. The molecule has 25 heavy (non-hydrogen) atoms. The predicted octanol–water partition coefficient (Wildman–Crippen LogP) is 0.575. The van der Waals surface area contributed by atoms with Crippen LogP contribution in [0.3, 0.4) is 0 Å². The minimum Gasteiger partial charge on any atom is -0.490 e. The van der Waals surface area contributed by atoms with E-state index in [-0.39, 0.29) is 24.9 Å². The molecule has 7 nitrogen and oxygen atoms in total. The van der Waals surface area contributed by atoms with E-state index >= 15 is 0 Å². The SMILES string of the molecule is CCOc1ccc(CCNC(=O)CN2CCNC(=O)C2)cc1OCC. The molecule has 7 heteroatoms. The number of hydrogen-bond donors (Lipinski definition) is 2. The smallest absolute Gasteiger partial charge is 0.234 e. The summed E-state index contributed by atoms with van der Waals surface area (Å²) in [6, 6.07) is 5.84. The molecule has 1 saturated heterocycles. The Labute approximate surface area is 148 Å². The van der Waals surface area contributed by atoms with Crippen LogP contribution in [0.1, 0.15) is 19.4 Å². The Kier molecular flexibility index (Phi) is 7.53. The minimum atomic E-state index is -0.0642. The molecule has 0 aromatic heterocycles. The molecule has 1 fully saturated rings. The summed E-state index contributed by atoms with van der Waals surface area (Å²) in [5.41, 5.74) is 1.07. The van der Waals surface area contributed by atoms with E-state index in [0.29, 0.717) is 39.3 Å². The van der Waals surface area contributed by atoms with Crippen LogP contribution in [0.2, 0.25) is 0 Å². The second-order valence-corrected chi connectivity index (χ2v) is 5.81. The monoisotopic (exact) mass is 349 g/mol. The van der Waals surface area contributed by atoms with Crippen molar-refractivity contribution in [3.05, 3.63) is 23.8 Å².